The van der Waals surface area contributed by atoms with Crippen molar-refractivity contribution >= 4 is 23.4 Å². The number of carboxylic acids is 1. The molecule has 0 fully saturated rings. The van der Waals surface area contributed by atoms with Gasteiger partial charge < -0.3 is 10.8 Å². The van der Waals surface area contributed by atoms with E-state index in [-0.39, 0.29) is 17.4 Å². The van der Waals surface area contributed by atoms with Crippen LogP contribution < -0.4 is 5.73 Å². The number of rotatable bonds is 1. The third kappa shape index (κ3) is 2.92. The van der Waals surface area contributed by atoms with Gasteiger partial charge >= 0.3 is 5.97 Å². The molecule has 1 rings (SSSR count). The molecule has 0 unspecified atom stereocenters. The Balaban J connectivity index is 2.88. The molecule has 1 aromatic heterocycles. The molecule has 0 aromatic carbocycles. The fraction of sp³-hybridized carbons (Fsp3) is 0.125. The van der Waals surface area contributed by atoms with Crippen LogP contribution in [0.3, 0.4) is 0 Å². The van der Waals surface area contributed by atoms with Gasteiger partial charge in [-0.2, -0.15) is 0 Å². The molecule has 0 saturated heterocycles. The average molecular weight is 212 g/mol. The lowest BCUT2D eigenvalue weighted by Crippen LogP contribution is -1.97. The minimum atomic E-state index is -0.996. The number of nitrogens with zero attached hydrogens (tertiary/aromatic N) is 2. The number of aromatic nitrogens is 2. The summed E-state index contributed by atoms with van der Waals surface area (Å²) < 4.78 is 0. The molecule has 0 radical (unpaired) electrons. The van der Waals surface area contributed by atoms with Crippen LogP contribution in [-0.2, 0) is 4.79 Å². The third-order valence-electron chi connectivity index (χ3n) is 1.26. The highest BCUT2D eigenvalue weighted by atomic mass is 35.5. The first-order valence-corrected chi connectivity index (χ1v) is 3.97. The van der Waals surface area contributed by atoms with Gasteiger partial charge in [-0.1, -0.05) is 23.4 Å². The first kappa shape index (κ1) is 10.3. The molecular weight excluding hydrogens is 206 g/mol. The Kier molecular flexibility index (Phi) is 3.26. The molecule has 3 N–H and O–H groups in total. The topological polar surface area (TPSA) is 89.1 Å². The zero-order valence-electron chi connectivity index (χ0n) is 6.99. The molecule has 0 aliphatic rings. The second-order valence-electron chi connectivity index (χ2n) is 2.34. The average Bonchev–Trinajstić information content (AvgIpc) is 2.10. The van der Waals surface area contributed by atoms with E-state index >= 15 is 0 Å². The summed E-state index contributed by atoms with van der Waals surface area (Å²) in [7, 11) is 0. The summed E-state index contributed by atoms with van der Waals surface area (Å²) >= 11 is 5.55. The van der Waals surface area contributed by atoms with Gasteiger partial charge in [0.25, 0.3) is 0 Å². The van der Waals surface area contributed by atoms with Crippen molar-refractivity contribution in [2.24, 2.45) is 0 Å². The van der Waals surface area contributed by atoms with E-state index in [1.807, 2.05) is 0 Å². The maximum absolute atomic E-state index is 10.2. The largest absolute Gasteiger partial charge is 0.481 e. The maximum Gasteiger partial charge on any atom is 0.315 e. The Labute approximate surface area is 84.9 Å². The predicted octanol–water partition coefficient (Wildman–Crippen LogP) is 0.538. The van der Waals surface area contributed by atoms with Crippen LogP contribution in [0, 0.1) is 11.8 Å². The zero-order valence-corrected chi connectivity index (χ0v) is 7.75. The monoisotopic (exact) mass is 211 g/mol. The van der Waals surface area contributed by atoms with Crippen LogP contribution >= 0.6 is 11.6 Å². The molecule has 0 bridgehead atoms. The van der Waals surface area contributed by atoms with E-state index in [1.54, 1.807) is 0 Å². The Hall–Kier alpha value is -1.80. The van der Waals surface area contributed by atoms with E-state index in [4.69, 9.17) is 22.4 Å². The smallest absolute Gasteiger partial charge is 0.315 e. The van der Waals surface area contributed by atoms with Crippen LogP contribution in [0.5, 0.6) is 0 Å². The molecule has 0 aliphatic carbocycles. The number of carbonyl (C=O) groups is 1. The highest BCUT2D eigenvalue weighted by Gasteiger charge is 1.99. The fourth-order valence-electron chi connectivity index (χ4n) is 0.693. The second kappa shape index (κ2) is 4.44. The van der Waals surface area contributed by atoms with Gasteiger partial charge in [-0.05, 0) is 6.07 Å². The molecule has 0 aliphatic heterocycles. The van der Waals surface area contributed by atoms with E-state index < -0.39 is 5.97 Å². The van der Waals surface area contributed by atoms with E-state index in [0.717, 1.165) is 0 Å². The second-order valence-corrected chi connectivity index (χ2v) is 2.73. The van der Waals surface area contributed by atoms with Crippen LogP contribution in [0.15, 0.2) is 6.07 Å². The number of hydrogen-bond acceptors (Lipinski definition) is 4. The van der Waals surface area contributed by atoms with Crippen LogP contribution in [0.25, 0.3) is 0 Å². The zero-order chi connectivity index (χ0) is 10.6. The van der Waals surface area contributed by atoms with E-state index in [0.29, 0.717) is 5.56 Å². The number of anilines is 1. The van der Waals surface area contributed by atoms with Gasteiger partial charge in [0, 0.05) is 0 Å². The van der Waals surface area contributed by atoms with Crippen molar-refractivity contribution < 1.29 is 9.90 Å². The Morgan fingerprint density at radius 1 is 1.64 bits per heavy atom. The molecule has 1 heterocycles. The summed E-state index contributed by atoms with van der Waals surface area (Å²) in [6.45, 7) is 0. The van der Waals surface area contributed by atoms with Crippen molar-refractivity contribution in [1.29, 1.82) is 0 Å². The van der Waals surface area contributed by atoms with Gasteiger partial charge in [0.05, 0.1) is 5.56 Å². The number of hydrogen-bond donors (Lipinski definition) is 2. The number of nitrogens with two attached hydrogens (primary N) is 1. The van der Waals surface area contributed by atoms with Crippen molar-refractivity contribution in [3.63, 3.8) is 0 Å². The van der Waals surface area contributed by atoms with Gasteiger partial charge in [-0.15, -0.1) is 10.2 Å². The summed E-state index contributed by atoms with van der Waals surface area (Å²) in [5.74, 6) is 4.09. The third-order valence-corrected chi connectivity index (χ3v) is 1.44. The first-order chi connectivity index (χ1) is 6.59. The van der Waals surface area contributed by atoms with Crippen LogP contribution in [0.1, 0.15) is 12.0 Å². The molecule has 0 amide bonds. The Morgan fingerprint density at radius 2 is 2.36 bits per heavy atom. The molecule has 0 saturated carbocycles. The summed E-state index contributed by atoms with van der Waals surface area (Å²) in [6, 6.07) is 1.43. The molecule has 5 nitrogen and oxygen atoms in total. The summed E-state index contributed by atoms with van der Waals surface area (Å²) in [5, 5.41) is 15.5. The number of halogens is 1. The Morgan fingerprint density at radius 3 is 3.00 bits per heavy atom. The lowest BCUT2D eigenvalue weighted by atomic mass is 10.3. The van der Waals surface area contributed by atoms with Crippen molar-refractivity contribution in [3.05, 3.63) is 16.8 Å². The molecule has 1 aromatic rings. The molecule has 14 heavy (non-hydrogen) atoms. The highest BCUT2D eigenvalue weighted by molar-refractivity contribution is 6.29. The van der Waals surface area contributed by atoms with Crippen molar-refractivity contribution in [1.82, 2.24) is 10.2 Å². The van der Waals surface area contributed by atoms with Crippen molar-refractivity contribution in [3.8, 4) is 11.8 Å². The van der Waals surface area contributed by atoms with Crippen molar-refractivity contribution in [2.75, 3.05) is 5.73 Å². The van der Waals surface area contributed by atoms with Gasteiger partial charge in [0.2, 0.25) is 0 Å². The van der Waals surface area contributed by atoms with Gasteiger partial charge in [-0.3, -0.25) is 4.79 Å². The molecule has 6 heteroatoms. The molecular formula is C8H6ClN3O2. The summed E-state index contributed by atoms with van der Waals surface area (Å²) in [5.41, 5.74) is 5.80. The number of aliphatic carboxylic acids is 1. The van der Waals surface area contributed by atoms with E-state index in [9.17, 15) is 4.79 Å². The fourth-order valence-corrected chi connectivity index (χ4v) is 0.839. The molecule has 0 atom stereocenters. The summed E-state index contributed by atoms with van der Waals surface area (Å²) in [6.07, 6.45) is -0.251. The lowest BCUT2D eigenvalue weighted by Gasteiger charge is -1.94. The summed E-state index contributed by atoms with van der Waals surface area (Å²) in [4.78, 5) is 10.2. The van der Waals surface area contributed by atoms with Crippen molar-refractivity contribution in [2.45, 2.75) is 6.42 Å². The minimum absolute atomic E-state index is 0.132. The molecule has 0 spiro atoms. The quantitative estimate of drug-likeness (QED) is 0.662. The van der Waals surface area contributed by atoms with Crippen LogP contribution in [-0.4, -0.2) is 21.3 Å². The number of carboxylic acid groups (broad SMARTS) is 1. The predicted molar refractivity (Wildman–Crippen MR) is 50.6 cm³/mol. The Bertz CT molecular complexity index is 422. The van der Waals surface area contributed by atoms with Crippen LogP contribution in [0.4, 0.5) is 5.82 Å². The maximum atomic E-state index is 10.2. The highest BCUT2D eigenvalue weighted by Crippen LogP contribution is 2.10. The standard InChI is InChI=1S/C8H6ClN3O2/c9-6-4-5(8(10)12-11-6)2-1-3-7(13)14/h4H,3H2,(H2,10,12)(H,13,14). The normalized spacial score (nSPS) is 8.93. The van der Waals surface area contributed by atoms with Gasteiger partial charge in [0.1, 0.15) is 6.42 Å². The van der Waals surface area contributed by atoms with Gasteiger partial charge in [0.15, 0.2) is 11.0 Å². The van der Waals surface area contributed by atoms with Crippen LogP contribution in [0.2, 0.25) is 5.15 Å². The minimum Gasteiger partial charge on any atom is -0.481 e. The first-order valence-electron chi connectivity index (χ1n) is 3.59. The van der Waals surface area contributed by atoms with Gasteiger partial charge in [-0.25, -0.2) is 0 Å². The lowest BCUT2D eigenvalue weighted by molar-refractivity contribution is -0.135. The number of nitrogen functional groups attached to an aromatic ring is 1. The van der Waals surface area contributed by atoms with E-state index in [1.165, 1.54) is 6.07 Å². The SMILES string of the molecule is Nc1nnc(Cl)cc1C#CCC(=O)O. The molecule has 72 valence electrons. The van der Waals surface area contributed by atoms with E-state index in [2.05, 4.69) is 22.0 Å².